The first-order valence-corrected chi connectivity index (χ1v) is 8.79. The molecule has 2 nitrogen and oxygen atoms in total. The largest absolute Gasteiger partial charge is 0.454 e. The summed E-state index contributed by atoms with van der Waals surface area (Å²) in [6.45, 7) is 4.23. The molecule has 26 heavy (non-hydrogen) atoms. The van der Waals surface area contributed by atoms with Crippen molar-refractivity contribution in [3.05, 3.63) is 83.9 Å². The van der Waals surface area contributed by atoms with Gasteiger partial charge in [-0.25, -0.2) is 0 Å². The van der Waals surface area contributed by atoms with Crippen LogP contribution in [0.3, 0.4) is 0 Å². The first-order chi connectivity index (χ1) is 13.1. The van der Waals surface area contributed by atoms with E-state index >= 15 is 0 Å². The molecule has 5 aromatic rings. The fourth-order valence-electron chi connectivity index (χ4n) is 3.62. The number of rotatable bonds is 2. The maximum Gasteiger partial charge on any atom is 0.158 e. The van der Waals surface area contributed by atoms with E-state index in [2.05, 4.69) is 49.5 Å². The van der Waals surface area contributed by atoms with E-state index in [9.17, 15) is 0 Å². The summed E-state index contributed by atoms with van der Waals surface area (Å²) in [7, 11) is 0. The molecule has 4 aromatic carbocycles. The molecule has 0 spiro atoms. The quantitative estimate of drug-likeness (QED) is 0.371. The van der Waals surface area contributed by atoms with Crippen molar-refractivity contribution in [2.75, 3.05) is 5.32 Å². The summed E-state index contributed by atoms with van der Waals surface area (Å²) in [5.41, 5.74) is 5.85. The number of nitrogens with one attached hydrogen (secondary N) is 1. The van der Waals surface area contributed by atoms with Crippen molar-refractivity contribution in [2.24, 2.45) is 0 Å². The summed E-state index contributed by atoms with van der Waals surface area (Å²) in [5, 5.41) is 8.02. The average Bonchev–Trinajstić information content (AvgIpc) is 3.05. The highest BCUT2D eigenvalue weighted by molar-refractivity contribution is 6.10. The Balaban J connectivity index is 1.75. The highest BCUT2D eigenvalue weighted by atomic mass is 16.3. The highest BCUT2D eigenvalue weighted by Crippen LogP contribution is 2.37. The first-order valence-electron chi connectivity index (χ1n) is 9.29. The van der Waals surface area contributed by atoms with Gasteiger partial charge in [0.1, 0.15) is 5.58 Å². The summed E-state index contributed by atoms with van der Waals surface area (Å²) >= 11 is 0. The second kappa shape index (κ2) is 5.63. The van der Waals surface area contributed by atoms with Gasteiger partial charge >= 0.3 is 0 Å². The normalized spacial score (nSPS) is 12.0. The standard InChI is InChI=1S/C24H19NO/c1-15-10-12-17-13-11-16(2)23(20(17)14-15)25-21-8-5-7-19-18-6-3-4-9-22(18)26-24(19)21/h3-14,25H,1-2H3/i9D. The van der Waals surface area contributed by atoms with E-state index in [1.165, 1.54) is 21.9 Å². The smallest absolute Gasteiger partial charge is 0.158 e. The van der Waals surface area contributed by atoms with Crippen LogP contribution in [0.5, 0.6) is 0 Å². The zero-order valence-corrected chi connectivity index (χ0v) is 14.8. The van der Waals surface area contributed by atoms with Crippen LogP contribution < -0.4 is 5.32 Å². The average molecular weight is 338 g/mol. The third-order valence-corrected chi connectivity index (χ3v) is 4.97. The van der Waals surface area contributed by atoms with Gasteiger partial charge in [-0.2, -0.15) is 0 Å². The van der Waals surface area contributed by atoms with Gasteiger partial charge in [0.15, 0.2) is 5.58 Å². The number of para-hydroxylation sites is 2. The molecular weight excluding hydrogens is 318 g/mol. The molecule has 1 N–H and O–H groups in total. The number of fused-ring (bicyclic) bond motifs is 4. The number of hydrogen-bond acceptors (Lipinski definition) is 2. The van der Waals surface area contributed by atoms with Crippen molar-refractivity contribution < 1.29 is 5.79 Å². The molecule has 1 heterocycles. The Morgan fingerprint density at radius 3 is 2.62 bits per heavy atom. The summed E-state index contributed by atoms with van der Waals surface area (Å²) in [4.78, 5) is 0. The van der Waals surface area contributed by atoms with E-state index in [-0.39, 0.29) is 0 Å². The van der Waals surface area contributed by atoms with Gasteiger partial charge in [-0.05, 0) is 43.0 Å². The SMILES string of the molecule is [2H]c1cccc2c1oc1c(Nc3c(C)ccc4ccc(C)cc34)cccc12. The van der Waals surface area contributed by atoms with Crippen LogP contribution in [0.2, 0.25) is 0 Å². The third kappa shape index (κ3) is 2.26. The molecule has 0 aliphatic rings. The van der Waals surface area contributed by atoms with Crippen LogP contribution in [0.25, 0.3) is 32.7 Å². The van der Waals surface area contributed by atoms with Crippen LogP contribution in [0.1, 0.15) is 12.5 Å². The van der Waals surface area contributed by atoms with Crippen LogP contribution in [0.15, 0.2) is 77.2 Å². The predicted octanol–water partition coefficient (Wildman–Crippen LogP) is 7.10. The van der Waals surface area contributed by atoms with Crippen LogP contribution in [-0.2, 0) is 0 Å². The molecule has 0 aliphatic carbocycles. The van der Waals surface area contributed by atoms with Crippen LogP contribution in [-0.4, -0.2) is 0 Å². The zero-order chi connectivity index (χ0) is 18.5. The maximum atomic E-state index is 8.14. The molecule has 0 radical (unpaired) electrons. The molecule has 0 saturated heterocycles. The van der Waals surface area contributed by atoms with E-state index in [4.69, 9.17) is 5.79 Å². The highest BCUT2D eigenvalue weighted by Gasteiger charge is 2.12. The van der Waals surface area contributed by atoms with Gasteiger partial charge in [-0.15, -0.1) is 0 Å². The van der Waals surface area contributed by atoms with Crippen LogP contribution in [0, 0.1) is 13.8 Å². The van der Waals surface area contributed by atoms with Gasteiger partial charge in [0, 0.05) is 21.8 Å². The second-order valence-corrected chi connectivity index (χ2v) is 6.80. The van der Waals surface area contributed by atoms with Crippen molar-refractivity contribution in [3.63, 3.8) is 0 Å². The molecular formula is C24H19NO. The number of furan rings is 1. The Kier molecular flexibility index (Phi) is 3.03. The van der Waals surface area contributed by atoms with E-state index < -0.39 is 0 Å². The number of benzene rings is 4. The lowest BCUT2D eigenvalue weighted by molar-refractivity contribution is 0.670. The lowest BCUT2D eigenvalue weighted by Gasteiger charge is -2.14. The predicted molar refractivity (Wildman–Crippen MR) is 110 cm³/mol. The zero-order valence-electron chi connectivity index (χ0n) is 15.8. The van der Waals surface area contributed by atoms with Gasteiger partial charge in [0.2, 0.25) is 0 Å². The number of aryl methyl sites for hydroxylation is 2. The van der Waals surface area contributed by atoms with Gasteiger partial charge in [0.25, 0.3) is 0 Å². The molecule has 2 heteroatoms. The Morgan fingerprint density at radius 2 is 1.69 bits per heavy atom. The van der Waals surface area contributed by atoms with Gasteiger partial charge in [-0.1, -0.05) is 60.2 Å². The monoisotopic (exact) mass is 338 g/mol. The Labute approximate surface area is 153 Å². The summed E-state index contributed by atoms with van der Waals surface area (Å²) in [6.07, 6.45) is 0. The third-order valence-electron chi connectivity index (χ3n) is 4.97. The first kappa shape index (κ1) is 14.0. The van der Waals surface area contributed by atoms with Crippen LogP contribution >= 0.6 is 0 Å². The van der Waals surface area contributed by atoms with Crippen molar-refractivity contribution >= 4 is 44.1 Å². The summed E-state index contributed by atoms with van der Waals surface area (Å²) < 4.78 is 14.3. The van der Waals surface area contributed by atoms with Crippen LogP contribution in [0.4, 0.5) is 11.4 Å². The van der Waals surface area contributed by atoms with Crippen molar-refractivity contribution in [2.45, 2.75) is 13.8 Å². The molecule has 0 atom stereocenters. The summed E-state index contributed by atoms with van der Waals surface area (Å²) in [5.74, 6) is 0. The Bertz CT molecular complexity index is 1330. The molecule has 126 valence electrons. The lowest BCUT2D eigenvalue weighted by Crippen LogP contribution is -1.95. The fraction of sp³-hybridized carbons (Fsp3) is 0.0833. The minimum Gasteiger partial charge on any atom is -0.454 e. The Hall–Kier alpha value is -3.26. The number of anilines is 2. The number of hydrogen-bond donors (Lipinski definition) is 1. The van der Waals surface area contributed by atoms with E-state index in [0.717, 1.165) is 27.7 Å². The van der Waals surface area contributed by atoms with E-state index in [1.54, 1.807) is 6.07 Å². The minimum atomic E-state index is 0.409. The van der Waals surface area contributed by atoms with Gasteiger partial charge in [-0.3, -0.25) is 0 Å². The van der Waals surface area contributed by atoms with E-state index in [1.807, 2.05) is 30.3 Å². The van der Waals surface area contributed by atoms with Gasteiger partial charge < -0.3 is 9.73 Å². The molecule has 0 bridgehead atoms. The fourth-order valence-corrected chi connectivity index (χ4v) is 3.62. The van der Waals surface area contributed by atoms with Crippen molar-refractivity contribution in [3.8, 4) is 0 Å². The molecule has 0 aliphatic heterocycles. The van der Waals surface area contributed by atoms with Crippen molar-refractivity contribution in [1.82, 2.24) is 0 Å². The molecule has 1 aromatic heterocycles. The molecule has 0 fully saturated rings. The summed E-state index contributed by atoms with van der Waals surface area (Å²) in [6, 6.07) is 23.0. The second-order valence-electron chi connectivity index (χ2n) is 6.80. The molecule has 0 unspecified atom stereocenters. The minimum absolute atomic E-state index is 0.409. The van der Waals surface area contributed by atoms with Gasteiger partial charge in [0.05, 0.1) is 7.06 Å². The maximum absolute atomic E-state index is 8.14. The van der Waals surface area contributed by atoms with Crippen molar-refractivity contribution in [1.29, 1.82) is 0 Å². The molecule has 0 saturated carbocycles. The Morgan fingerprint density at radius 1 is 0.846 bits per heavy atom. The topological polar surface area (TPSA) is 25.2 Å². The lowest BCUT2D eigenvalue weighted by atomic mass is 10.0. The van der Waals surface area contributed by atoms with E-state index in [0.29, 0.717) is 11.6 Å². The molecule has 0 amide bonds. The molecule has 5 rings (SSSR count).